The lowest BCUT2D eigenvalue weighted by molar-refractivity contribution is -0.124. The first-order valence-corrected chi connectivity index (χ1v) is 11.4. The molecule has 2 N–H and O–H groups in total. The van der Waals surface area contributed by atoms with Crippen molar-refractivity contribution in [1.82, 2.24) is 15.5 Å². The van der Waals surface area contributed by atoms with E-state index in [4.69, 9.17) is 37.4 Å². The van der Waals surface area contributed by atoms with Gasteiger partial charge in [-0.3, -0.25) is 9.59 Å². The highest BCUT2D eigenvalue weighted by Gasteiger charge is 2.18. The smallest absolute Gasteiger partial charge is 0.409 e. The van der Waals surface area contributed by atoms with Crippen LogP contribution in [-0.2, 0) is 14.3 Å². The Bertz CT molecular complexity index is 1070. The largest absolute Gasteiger partial charge is 0.484 e. The molecule has 0 saturated heterocycles. The van der Waals surface area contributed by atoms with E-state index in [1.165, 1.54) is 43.3 Å². The molecule has 0 unspecified atom stereocenters. The highest BCUT2D eigenvalue weighted by molar-refractivity contribution is 6.31. The van der Waals surface area contributed by atoms with Gasteiger partial charge in [0.2, 0.25) is 0 Å². The molecule has 2 rings (SSSR count). The Kier molecular flexibility index (Phi) is 11.5. The van der Waals surface area contributed by atoms with Crippen LogP contribution in [0.5, 0.6) is 11.5 Å². The van der Waals surface area contributed by atoms with E-state index in [0.29, 0.717) is 0 Å². The third kappa shape index (κ3) is 10.1. The summed E-state index contributed by atoms with van der Waals surface area (Å²) >= 11 is 11.2. The quantitative estimate of drug-likeness (QED) is 0.421. The lowest BCUT2D eigenvalue weighted by Gasteiger charge is -2.21. The first-order valence-electron chi connectivity index (χ1n) is 10.6. The zero-order valence-corrected chi connectivity index (χ0v) is 21.0. The molecule has 0 aliphatic heterocycles. The van der Waals surface area contributed by atoms with Gasteiger partial charge in [0.1, 0.15) is 29.2 Å². The zero-order chi connectivity index (χ0) is 26.7. The van der Waals surface area contributed by atoms with Crippen LogP contribution in [0.2, 0.25) is 10.0 Å². The number of nitrogens with zero attached hydrogens (tertiary/aromatic N) is 1. The summed E-state index contributed by atoms with van der Waals surface area (Å²) in [5, 5.41) is 5.00. The lowest BCUT2D eigenvalue weighted by Crippen LogP contribution is -2.41. The van der Waals surface area contributed by atoms with Crippen molar-refractivity contribution in [1.29, 1.82) is 0 Å². The Labute approximate surface area is 216 Å². The van der Waals surface area contributed by atoms with E-state index in [1.807, 2.05) is 0 Å². The van der Waals surface area contributed by atoms with Gasteiger partial charge in [-0.25, -0.2) is 13.6 Å². The fourth-order valence-electron chi connectivity index (χ4n) is 2.58. The highest BCUT2D eigenvalue weighted by Crippen LogP contribution is 2.21. The average molecular weight is 548 g/mol. The second kappa shape index (κ2) is 14.3. The molecule has 2 aromatic rings. The average Bonchev–Trinajstić information content (AvgIpc) is 2.83. The van der Waals surface area contributed by atoms with Crippen molar-refractivity contribution >= 4 is 41.1 Å². The molecular formula is C23H25Cl2F2N3O6. The van der Waals surface area contributed by atoms with Crippen molar-refractivity contribution in [3.05, 3.63) is 58.1 Å². The summed E-state index contributed by atoms with van der Waals surface area (Å²) < 4.78 is 42.6. The van der Waals surface area contributed by atoms with Gasteiger partial charge in [0, 0.05) is 39.2 Å². The van der Waals surface area contributed by atoms with E-state index in [1.54, 1.807) is 0 Å². The molecule has 0 aromatic heterocycles. The second-order valence-electron chi connectivity index (χ2n) is 7.57. The summed E-state index contributed by atoms with van der Waals surface area (Å²) in [6.07, 6.45) is -1.24. The second-order valence-corrected chi connectivity index (χ2v) is 8.39. The molecule has 0 saturated carbocycles. The molecule has 2 aromatic carbocycles. The summed E-state index contributed by atoms with van der Waals surface area (Å²) in [5.74, 6) is -2.13. The first-order chi connectivity index (χ1) is 17.0. The summed E-state index contributed by atoms with van der Waals surface area (Å²) in [5.41, 5.74) is 0. The number of hydrogen-bond donors (Lipinski definition) is 2. The van der Waals surface area contributed by atoms with E-state index >= 15 is 0 Å². The van der Waals surface area contributed by atoms with Crippen molar-refractivity contribution in [2.45, 2.75) is 12.5 Å². The van der Waals surface area contributed by atoms with Crippen molar-refractivity contribution in [3.63, 3.8) is 0 Å². The van der Waals surface area contributed by atoms with Crippen LogP contribution in [0.15, 0.2) is 36.4 Å². The number of ether oxygens (including phenoxy) is 3. The number of benzene rings is 2. The number of halogens is 4. The van der Waals surface area contributed by atoms with Crippen molar-refractivity contribution in [2.24, 2.45) is 0 Å². The molecular weight excluding hydrogens is 523 g/mol. The summed E-state index contributed by atoms with van der Waals surface area (Å²) in [7, 11) is 2.99. The van der Waals surface area contributed by atoms with Crippen LogP contribution in [0.3, 0.4) is 0 Å². The lowest BCUT2D eigenvalue weighted by atomic mass is 10.2. The van der Waals surface area contributed by atoms with Crippen LogP contribution in [0.1, 0.15) is 6.42 Å². The van der Waals surface area contributed by atoms with E-state index in [-0.39, 0.29) is 47.7 Å². The maximum absolute atomic E-state index is 13.5. The van der Waals surface area contributed by atoms with E-state index in [9.17, 15) is 23.2 Å². The molecule has 0 heterocycles. The first kappa shape index (κ1) is 28.9. The van der Waals surface area contributed by atoms with Crippen LogP contribution in [0, 0.1) is 11.6 Å². The van der Waals surface area contributed by atoms with Crippen molar-refractivity contribution in [3.8, 4) is 11.5 Å². The topological polar surface area (TPSA) is 106 Å². The van der Waals surface area contributed by atoms with Gasteiger partial charge in [0.15, 0.2) is 13.2 Å². The van der Waals surface area contributed by atoms with Crippen molar-refractivity contribution < 1.29 is 37.4 Å². The minimum Gasteiger partial charge on any atom is -0.484 e. The Morgan fingerprint density at radius 1 is 0.889 bits per heavy atom. The Hall–Kier alpha value is -3.31. The molecule has 0 aliphatic rings. The molecule has 0 aliphatic carbocycles. The van der Waals surface area contributed by atoms with E-state index in [0.717, 1.165) is 12.1 Å². The molecule has 0 fully saturated rings. The standard InChI is InChI=1S/C23H25Cl2F2N3O6/c1-30(2)23(33)36-16(11-29-22(32)13-35-15-4-6-18(25)20(27)10-15)7-8-28-21(31)12-34-14-3-5-17(24)19(26)9-14/h3-6,9-10,16H,7-8,11-13H2,1-2H3,(H,28,31)(H,29,32)/t16-/m0/s1. The van der Waals surface area contributed by atoms with Crippen molar-refractivity contribution in [2.75, 3.05) is 40.4 Å². The maximum Gasteiger partial charge on any atom is 0.409 e. The third-order valence-corrected chi connectivity index (χ3v) is 5.08. The number of nitrogens with one attached hydrogen (secondary N) is 2. The maximum atomic E-state index is 13.5. The highest BCUT2D eigenvalue weighted by atomic mass is 35.5. The molecule has 0 radical (unpaired) electrons. The van der Waals surface area contributed by atoms with Crippen LogP contribution < -0.4 is 20.1 Å². The molecule has 0 spiro atoms. The van der Waals surface area contributed by atoms with Gasteiger partial charge in [0.25, 0.3) is 11.8 Å². The fourth-order valence-corrected chi connectivity index (χ4v) is 2.82. The minimum atomic E-state index is -0.775. The summed E-state index contributed by atoms with van der Waals surface area (Å²) in [4.78, 5) is 37.3. The zero-order valence-electron chi connectivity index (χ0n) is 19.5. The SMILES string of the molecule is CN(C)C(=O)O[C@@H](CCNC(=O)COc1ccc(Cl)c(F)c1)CNC(=O)COc1ccc(Cl)c(F)c1. The van der Waals surface area contributed by atoms with Crippen LogP contribution in [-0.4, -0.2) is 69.3 Å². The van der Waals surface area contributed by atoms with Crippen LogP contribution in [0.4, 0.5) is 13.6 Å². The predicted molar refractivity (Wildman–Crippen MR) is 128 cm³/mol. The third-order valence-electron chi connectivity index (χ3n) is 4.47. The van der Waals surface area contributed by atoms with Gasteiger partial charge >= 0.3 is 6.09 Å². The molecule has 9 nitrogen and oxygen atoms in total. The summed E-state index contributed by atoms with van der Waals surface area (Å²) in [6.45, 7) is -0.747. The van der Waals surface area contributed by atoms with E-state index in [2.05, 4.69) is 10.6 Å². The van der Waals surface area contributed by atoms with Gasteiger partial charge < -0.3 is 29.7 Å². The van der Waals surface area contributed by atoms with Gasteiger partial charge in [0.05, 0.1) is 16.6 Å². The molecule has 3 amide bonds. The predicted octanol–water partition coefficient (Wildman–Crippen LogP) is 3.42. The Morgan fingerprint density at radius 3 is 1.86 bits per heavy atom. The van der Waals surface area contributed by atoms with Gasteiger partial charge in [-0.05, 0) is 24.3 Å². The van der Waals surface area contributed by atoms with Crippen LogP contribution >= 0.6 is 23.2 Å². The molecule has 196 valence electrons. The molecule has 36 heavy (non-hydrogen) atoms. The fraction of sp³-hybridized carbons (Fsp3) is 0.348. The van der Waals surface area contributed by atoms with Gasteiger partial charge in [-0.2, -0.15) is 0 Å². The Morgan fingerprint density at radius 2 is 1.39 bits per heavy atom. The van der Waals surface area contributed by atoms with E-state index < -0.39 is 42.3 Å². The molecule has 1 atom stereocenters. The normalized spacial score (nSPS) is 11.3. The number of rotatable bonds is 12. The number of hydrogen-bond acceptors (Lipinski definition) is 6. The number of carbonyl (C=O) groups excluding carboxylic acids is 3. The van der Waals surface area contributed by atoms with Gasteiger partial charge in [-0.1, -0.05) is 23.2 Å². The number of carbonyl (C=O) groups is 3. The van der Waals surface area contributed by atoms with Gasteiger partial charge in [-0.15, -0.1) is 0 Å². The van der Waals surface area contributed by atoms with Crippen LogP contribution in [0.25, 0.3) is 0 Å². The monoisotopic (exact) mass is 547 g/mol. The molecule has 13 heteroatoms. The Balaban J connectivity index is 1.78. The minimum absolute atomic E-state index is 0.0623. The molecule has 0 bridgehead atoms. The summed E-state index contributed by atoms with van der Waals surface area (Å²) in [6, 6.07) is 7.55. The number of amides is 3.